The Morgan fingerprint density at radius 2 is 1.76 bits per heavy atom. The Bertz CT molecular complexity index is 558. The van der Waals surface area contributed by atoms with Crippen LogP contribution in [0, 0.1) is 0 Å². The monoisotopic (exact) mass is 312 g/mol. The number of carbonyl (C=O) groups excluding carboxylic acids is 1. The fourth-order valence-electron chi connectivity index (χ4n) is 2.08. The maximum Gasteiger partial charge on any atom is 0.244 e. The molecule has 21 heavy (non-hydrogen) atoms. The average molecular weight is 312 g/mol. The molecular formula is C15H24N2O3S. The van der Waals surface area contributed by atoms with Gasteiger partial charge in [0.15, 0.2) is 0 Å². The molecule has 2 atom stereocenters. The molecule has 6 heteroatoms. The van der Waals surface area contributed by atoms with Gasteiger partial charge < -0.3 is 5.32 Å². The van der Waals surface area contributed by atoms with Crippen molar-refractivity contribution in [2.45, 2.75) is 45.7 Å². The number of hydrogen-bond donors (Lipinski definition) is 1. The molecule has 0 unspecified atom stereocenters. The summed E-state index contributed by atoms with van der Waals surface area (Å²) in [7, 11) is -3.54. The minimum Gasteiger partial charge on any atom is -0.352 e. The highest BCUT2D eigenvalue weighted by atomic mass is 32.2. The van der Waals surface area contributed by atoms with E-state index in [1.807, 2.05) is 26.8 Å². The molecule has 0 aromatic heterocycles. The number of amides is 1. The zero-order chi connectivity index (χ0) is 16.0. The van der Waals surface area contributed by atoms with E-state index in [2.05, 4.69) is 5.32 Å². The van der Waals surface area contributed by atoms with Gasteiger partial charge in [-0.15, -0.1) is 0 Å². The Morgan fingerprint density at radius 3 is 2.19 bits per heavy atom. The van der Waals surface area contributed by atoms with Crippen LogP contribution in [-0.4, -0.2) is 32.7 Å². The lowest BCUT2D eigenvalue weighted by Crippen LogP contribution is -2.51. The first kappa shape index (κ1) is 17.5. The number of sulfonamides is 1. The van der Waals surface area contributed by atoms with Crippen molar-refractivity contribution in [3.05, 3.63) is 30.3 Å². The van der Waals surface area contributed by atoms with Crippen molar-refractivity contribution in [1.82, 2.24) is 5.32 Å². The van der Waals surface area contributed by atoms with Crippen LogP contribution in [0.2, 0.25) is 0 Å². The summed E-state index contributed by atoms with van der Waals surface area (Å²) in [6, 6.07) is 7.99. The number of para-hydroxylation sites is 1. The van der Waals surface area contributed by atoms with Crippen LogP contribution in [0.15, 0.2) is 30.3 Å². The summed E-state index contributed by atoms with van der Waals surface area (Å²) in [4.78, 5) is 12.4. The van der Waals surface area contributed by atoms with Gasteiger partial charge in [-0.05, 0) is 31.9 Å². The van der Waals surface area contributed by atoms with Crippen LogP contribution in [0.3, 0.4) is 0 Å². The zero-order valence-corrected chi connectivity index (χ0v) is 13.9. The highest BCUT2D eigenvalue weighted by molar-refractivity contribution is 7.92. The first-order valence-electron chi connectivity index (χ1n) is 7.16. The van der Waals surface area contributed by atoms with E-state index in [-0.39, 0.29) is 11.9 Å². The molecule has 0 radical (unpaired) electrons. The summed E-state index contributed by atoms with van der Waals surface area (Å²) in [6.45, 7) is 5.68. The fraction of sp³-hybridized carbons (Fsp3) is 0.533. The molecule has 0 saturated carbocycles. The second-order valence-electron chi connectivity index (χ2n) is 5.14. The molecule has 118 valence electrons. The lowest BCUT2D eigenvalue weighted by atomic mass is 10.1. The first-order chi connectivity index (χ1) is 9.81. The van der Waals surface area contributed by atoms with Gasteiger partial charge in [-0.3, -0.25) is 9.10 Å². The Hall–Kier alpha value is -1.56. The van der Waals surface area contributed by atoms with Crippen LogP contribution in [0.25, 0.3) is 0 Å². The molecule has 1 aromatic rings. The van der Waals surface area contributed by atoms with Crippen LogP contribution in [-0.2, 0) is 14.8 Å². The van der Waals surface area contributed by atoms with Gasteiger partial charge in [0, 0.05) is 6.04 Å². The normalized spacial score (nSPS) is 14.3. The average Bonchev–Trinajstić information content (AvgIpc) is 2.43. The number of rotatable bonds is 7. The van der Waals surface area contributed by atoms with E-state index in [4.69, 9.17) is 0 Å². The van der Waals surface area contributed by atoms with Crippen molar-refractivity contribution in [3.63, 3.8) is 0 Å². The molecule has 1 aromatic carbocycles. The highest BCUT2D eigenvalue weighted by Crippen LogP contribution is 2.22. The molecule has 5 nitrogen and oxygen atoms in total. The number of nitrogens with zero attached hydrogens (tertiary/aromatic N) is 1. The first-order valence-corrected chi connectivity index (χ1v) is 9.00. The molecule has 0 aliphatic carbocycles. The molecule has 0 aliphatic heterocycles. The van der Waals surface area contributed by atoms with Crippen molar-refractivity contribution in [3.8, 4) is 0 Å². The summed E-state index contributed by atoms with van der Waals surface area (Å²) in [6.07, 6.45) is 2.33. The smallest absolute Gasteiger partial charge is 0.244 e. The third-order valence-electron chi connectivity index (χ3n) is 3.34. The molecule has 0 bridgehead atoms. The molecule has 0 spiro atoms. The lowest BCUT2D eigenvalue weighted by molar-refractivity contribution is -0.122. The fourth-order valence-corrected chi connectivity index (χ4v) is 3.29. The van der Waals surface area contributed by atoms with Gasteiger partial charge in [0.1, 0.15) is 6.04 Å². The Morgan fingerprint density at radius 1 is 1.19 bits per heavy atom. The summed E-state index contributed by atoms with van der Waals surface area (Å²) < 4.78 is 25.5. The molecular weight excluding hydrogens is 288 g/mol. The predicted octanol–water partition coefficient (Wildman–Crippen LogP) is 2.15. The van der Waals surface area contributed by atoms with Crippen molar-refractivity contribution < 1.29 is 13.2 Å². The van der Waals surface area contributed by atoms with Crippen LogP contribution in [0.4, 0.5) is 5.69 Å². The van der Waals surface area contributed by atoms with Crippen LogP contribution >= 0.6 is 0 Å². The van der Waals surface area contributed by atoms with Crippen molar-refractivity contribution in [2.24, 2.45) is 0 Å². The molecule has 0 fully saturated rings. The minimum absolute atomic E-state index is 0.0173. The number of anilines is 1. The van der Waals surface area contributed by atoms with Crippen LogP contribution in [0.1, 0.15) is 33.6 Å². The largest absolute Gasteiger partial charge is 0.352 e. The van der Waals surface area contributed by atoms with Crippen molar-refractivity contribution in [1.29, 1.82) is 0 Å². The Balaban J connectivity index is 3.15. The topological polar surface area (TPSA) is 66.5 Å². The summed E-state index contributed by atoms with van der Waals surface area (Å²) >= 11 is 0. The predicted molar refractivity (Wildman–Crippen MR) is 85.7 cm³/mol. The Kier molecular flexibility index (Phi) is 6.20. The highest BCUT2D eigenvalue weighted by Gasteiger charge is 2.31. The third kappa shape index (κ3) is 4.74. The number of benzene rings is 1. The van der Waals surface area contributed by atoms with Crippen LogP contribution < -0.4 is 9.62 Å². The SMILES string of the molecule is CC[C@@H](C)NC(=O)[C@H](CC)N(c1ccccc1)S(C)(=O)=O. The molecule has 1 amide bonds. The van der Waals surface area contributed by atoms with Gasteiger partial charge in [-0.2, -0.15) is 0 Å². The molecule has 1 rings (SSSR count). The molecule has 0 saturated heterocycles. The minimum atomic E-state index is -3.54. The standard InChI is InChI=1S/C15H24N2O3S/c1-5-12(3)16-15(18)14(6-2)17(21(4,19)20)13-10-8-7-9-11-13/h7-12,14H,5-6H2,1-4H3,(H,16,18)/t12-,14+/m1/s1. The molecule has 0 aliphatic rings. The summed E-state index contributed by atoms with van der Waals surface area (Å²) in [5, 5.41) is 2.86. The van der Waals surface area contributed by atoms with Crippen molar-refractivity contribution in [2.75, 3.05) is 10.6 Å². The number of carbonyl (C=O) groups is 1. The van der Waals surface area contributed by atoms with E-state index in [1.165, 1.54) is 4.31 Å². The van der Waals surface area contributed by atoms with Gasteiger partial charge in [0.2, 0.25) is 15.9 Å². The molecule has 1 N–H and O–H groups in total. The Labute approximate surface area is 127 Å². The summed E-state index contributed by atoms with van der Waals surface area (Å²) in [5.41, 5.74) is 0.506. The van der Waals surface area contributed by atoms with E-state index in [1.54, 1.807) is 24.3 Å². The van der Waals surface area contributed by atoms with E-state index in [0.29, 0.717) is 12.1 Å². The second kappa shape index (κ2) is 7.45. The third-order valence-corrected chi connectivity index (χ3v) is 4.52. The van der Waals surface area contributed by atoms with Gasteiger partial charge in [0.05, 0.1) is 11.9 Å². The summed E-state index contributed by atoms with van der Waals surface area (Å²) in [5.74, 6) is -0.263. The van der Waals surface area contributed by atoms with E-state index >= 15 is 0 Å². The van der Waals surface area contributed by atoms with Crippen LogP contribution in [0.5, 0.6) is 0 Å². The van der Waals surface area contributed by atoms with Gasteiger partial charge in [-0.25, -0.2) is 8.42 Å². The molecule has 0 heterocycles. The van der Waals surface area contributed by atoms with Crippen molar-refractivity contribution >= 4 is 21.6 Å². The number of nitrogens with one attached hydrogen (secondary N) is 1. The van der Waals surface area contributed by atoms with E-state index in [0.717, 1.165) is 12.7 Å². The maximum atomic E-state index is 12.4. The lowest BCUT2D eigenvalue weighted by Gasteiger charge is -2.30. The van der Waals surface area contributed by atoms with Gasteiger partial charge >= 0.3 is 0 Å². The van der Waals surface area contributed by atoms with Gasteiger partial charge in [0.25, 0.3) is 0 Å². The number of hydrogen-bond acceptors (Lipinski definition) is 3. The maximum absolute atomic E-state index is 12.4. The van der Waals surface area contributed by atoms with Gasteiger partial charge in [-0.1, -0.05) is 32.0 Å². The van der Waals surface area contributed by atoms with E-state index in [9.17, 15) is 13.2 Å². The quantitative estimate of drug-likeness (QED) is 0.839. The van der Waals surface area contributed by atoms with E-state index < -0.39 is 16.1 Å². The second-order valence-corrected chi connectivity index (χ2v) is 7.00. The zero-order valence-electron chi connectivity index (χ0n) is 13.0.